The minimum atomic E-state index is -1.30. The zero-order chi connectivity index (χ0) is 21.3. The van der Waals surface area contributed by atoms with Crippen molar-refractivity contribution in [3.8, 4) is 0 Å². The van der Waals surface area contributed by atoms with Crippen molar-refractivity contribution in [2.24, 2.45) is 5.73 Å². The van der Waals surface area contributed by atoms with Crippen LogP contribution in [0.5, 0.6) is 0 Å². The van der Waals surface area contributed by atoms with Crippen molar-refractivity contribution in [1.82, 2.24) is 4.98 Å². The Labute approximate surface area is 174 Å². The molecule has 0 radical (unpaired) electrons. The number of hydrogen-bond donors (Lipinski definition) is 5. The molecular weight excluding hydrogens is 419 g/mol. The van der Waals surface area contributed by atoms with Crippen LogP contribution in [0.15, 0.2) is 43.0 Å². The fourth-order valence-electron chi connectivity index (χ4n) is 2.86. The lowest BCUT2D eigenvalue weighted by molar-refractivity contribution is -0.111. The molecule has 0 saturated carbocycles. The molecule has 1 heterocycles. The first-order valence-corrected chi connectivity index (χ1v) is 8.84. The van der Waals surface area contributed by atoms with E-state index in [1.807, 2.05) is 0 Å². The standard InChI is InChI=1S/C19H14Cl2N4O4/c1-8(17(26)24-11-4-2-3-5-12(11)25-19(22)29)14-15-10(21)6-9(20)7-13(15)23-16(14)18(27)28/h2-7,23H,1H2,(H,24,26)(H,27,28)(H3,22,25,29). The van der Waals surface area contributed by atoms with Crippen LogP contribution in [0.2, 0.25) is 10.0 Å². The molecule has 8 nitrogen and oxygen atoms in total. The molecule has 0 saturated heterocycles. The average Bonchev–Trinajstić information content (AvgIpc) is 3.02. The number of aromatic carboxylic acids is 1. The highest BCUT2D eigenvalue weighted by Gasteiger charge is 2.25. The second kappa shape index (κ2) is 7.86. The van der Waals surface area contributed by atoms with Crippen LogP contribution >= 0.6 is 23.2 Å². The first-order valence-electron chi connectivity index (χ1n) is 8.09. The maximum atomic E-state index is 12.8. The van der Waals surface area contributed by atoms with Gasteiger partial charge in [-0.05, 0) is 24.3 Å². The molecule has 0 unspecified atom stereocenters. The number of aromatic amines is 1. The number of carboxylic acid groups (broad SMARTS) is 1. The Bertz CT molecular complexity index is 1190. The average molecular weight is 433 g/mol. The van der Waals surface area contributed by atoms with E-state index >= 15 is 0 Å². The molecule has 2 aromatic carbocycles. The number of rotatable bonds is 5. The minimum Gasteiger partial charge on any atom is -0.477 e. The smallest absolute Gasteiger partial charge is 0.352 e. The van der Waals surface area contributed by atoms with Gasteiger partial charge in [0.25, 0.3) is 5.91 Å². The normalized spacial score (nSPS) is 10.6. The van der Waals surface area contributed by atoms with Crippen LogP contribution in [0.4, 0.5) is 16.2 Å². The van der Waals surface area contributed by atoms with Gasteiger partial charge in [-0.3, -0.25) is 4.79 Å². The second-order valence-corrected chi connectivity index (χ2v) is 6.80. The monoisotopic (exact) mass is 432 g/mol. The highest BCUT2D eigenvalue weighted by molar-refractivity contribution is 6.41. The third kappa shape index (κ3) is 4.03. The van der Waals surface area contributed by atoms with Crippen molar-refractivity contribution in [3.05, 3.63) is 64.3 Å². The zero-order valence-corrected chi connectivity index (χ0v) is 16.2. The Morgan fingerprint density at radius 1 is 1.07 bits per heavy atom. The van der Waals surface area contributed by atoms with Crippen molar-refractivity contribution < 1.29 is 19.5 Å². The van der Waals surface area contributed by atoms with E-state index in [1.165, 1.54) is 24.3 Å². The van der Waals surface area contributed by atoms with Crippen LogP contribution in [-0.2, 0) is 4.79 Å². The molecule has 6 N–H and O–H groups in total. The molecule has 0 aliphatic heterocycles. The molecule has 0 aliphatic carbocycles. The van der Waals surface area contributed by atoms with E-state index in [-0.39, 0.29) is 33.2 Å². The third-order valence-corrected chi connectivity index (χ3v) is 4.55. The van der Waals surface area contributed by atoms with Crippen molar-refractivity contribution in [1.29, 1.82) is 0 Å². The molecule has 1 aromatic heterocycles. The van der Waals surface area contributed by atoms with Gasteiger partial charge in [-0.25, -0.2) is 9.59 Å². The topological polar surface area (TPSA) is 137 Å². The number of nitrogens with one attached hydrogen (secondary N) is 3. The third-order valence-electron chi connectivity index (χ3n) is 4.04. The van der Waals surface area contributed by atoms with Gasteiger partial charge in [-0.2, -0.15) is 0 Å². The number of benzene rings is 2. The van der Waals surface area contributed by atoms with Crippen molar-refractivity contribution in [2.75, 3.05) is 10.6 Å². The van der Waals surface area contributed by atoms with E-state index in [2.05, 4.69) is 22.2 Å². The number of nitrogens with two attached hydrogens (primary N) is 1. The van der Waals surface area contributed by atoms with Gasteiger partial charge < -0.3 is 26.5 Å². The van der Waals surface area contributed by atoms with Gasteiger partial charge in [-0.1, -0.05) is 41.9 Å². The number of primary amides is 1. The van der Waals surface area contributed by atoms with Crippen LogP contribution in [0.1, 0.15) is 16.1 Å². The Hall–Kier alpha value is -3.49. The molecule has 0 spiro atoms. The number of hydrogen-bond acceptors (Lipinski definition) is 3. The van der Waals surface area contributed by atoms with Crippen LogP contribution < -0.4 is 16.4 Å². The maximum Gasteiger partial charge on any atom is 0.352 e. The predicted octanol–water partition coefficient (Wildman–Crippen LogP) is 4.32. The second-order valence-electron chi connectivity index (χ2n) is 5.96. The summed E-state index contributed by atoms with van der Waals surface area (Å²) in [4.78, 5) is 38.4. The van der Waals surface area contributed by atoms with Gasteiger partial charge in [0.1, 0.15) is 5.69 Å². The van der Waals surface area contributed by atoms with E-state index in [0.717, 1.165) is 0 Å². The first-order chi connectivity index (χ1) is 13.7. The summed E-state index contributed by atoms with van der Waals surface area (Å²) >= 11 is 12.2. The molecule has 0 aliphatic rings. The van der Waals surface area contributed by atoms with Crippen molar-refractivity contribution in [2.45, 2.75) is 0 Å². The highest BCUT2D eigenvalue weighted by Crippen LogP contribution is 2.36. The van der Waals surface area contributed by atoms with Gasteiger partial charge in [0.2, 0.25) is 0 Å². The Kier molecular flexibility index (Phi) is 5.49. The molecule has 29 heavy (non-hydrogen) atoms. The fourth-order valence-corrected chi connectivity index (χ4v) is 3.44. The number of halogens is 2. The number of anilines is 2. The number of fused-ring (bicyclic) bond motifs is 1. The number of carbonyl (C=O) groups is 3. The van der Waals surface area contributed by atoms with Crippen molar-refractivity contribution >= 4 is 69.0 Å². The number of carbonyl (C=O) groups excluding carboxylic acids is 2. The lowest BCUT2D eigenvalue weighted by Gasteiger charge is -2.12. The van der Waals surface area contributed by atoms with Crippen LogP contribution in [0, 0.1) is 0 Å². The SMILES string of the molecule is C=C(C(=O)Nc1ccccc1NC(N)=O)c1c(C(=O)O)[nH]c2cc(Cl)cc(Cl)c12. The molecule has 3 amide bonds. The number of aromatic nitrogens is 1. The van der Waals surface area contributed by atoms with E-state index in [0.29, 0.717) is 15.9 Å². The summed E-state index contributed by atoms with van der Waals surface area (Å²) in [6.45, 7) is 3.74. The van der Waals surface area contributed by atoms with Gasteiger partial charge in [0, 0.05) is 27.1 Å². The summed E-state index contributed by atoms with van der Waals surface area (Å²) in [6.07, 6.45) is 0. The Morgan fingerprint density at radius 2 is 1.69 bits per heavy atom. The zero-order valence-electron chi connectivity index (χ0n) is 14.7. The number of urea groups is 1. The summed E-state index contributed by atoms with van der Waals surface area (Å²) in [6, 6.07) is 8.48. The van der Waals surface area contributed by atoms with Crippen LogP contribution in [0.25, 0.3) is 16.5 Å². The van der Waals surface area contributed by atoms with Crippen LogP contribution in [0.3, 0.4) is 0 Å². The number of para-hydroxylation sites is 2. The predicted molar refractivity (Wildman–Crippen MR) is 113 cm³/mol. The minimum absolute atomic E-state index is 0.0343. The van der Waals surface area contributed by atoms with E-state index in [9.17, 15) is 19.5 Å². The number of amides is 3. The summed E-state index contributed by atoms with van der Waals surface area (Å²) in [5.41, 5.74) is 5.63. The highest BCUT2D eigenvalue weighted by atomic mass is 35.5. The van der Waals surface area contributed by atoms with Gasteiger partial charge in [0.15, 0.2) is 0 Å². The largest absolute Gasteiger partial charge is 0.477 e. The molecule has 0 bridgehead atoms. The molecule has 3 aromatic rings. The molecule has 0 fully saturated rings. The fraction of sp³-hybridized carbons (Fsp3) is 0. The molecule has 3 rings (SSSR count). The molecular formula is C19H14Cl2N4O4. The molecule has 148 valence electrons. The molecule has 10 heteroatoms. The Balaban J connectivity index is 2.04. The number of carboxylic acids is 1. The lowest BCUT2D eigenvalue weighted by Crippen LogP contribution is -2.21. The van der Waals surface area contributed by atoms with E-state index < -0.39 is 17.9 Å². The van der Waals surface area contributed by atoms with Gasteiger partial charge >= 0.3 is 12.0 Å². The lowest BCUT2D eigenvalue weighted by atomic mass is 10.0. The van der Waals surface area contributed by atoms with Crippen LogP contribution in [-0.4, -0.2) is 28.0 Å². The maximum absolute atomic E-state index is 12.8. The van der Waals surface area contributed by atoms with E-state index in [1.54, 1.807) is 12.1 Å². The quantitative estimate of drug-likeness (QED) is 0.383. The summed E-state index contributed by atoms with van der Waals surface area (Å²) in [7, 11) is 0. The number of H-pyrrole nitrogens is 1. The summed E-state index contributed by atoms with van der Waals surface area (Å²) in [5, 5.41) is 15.3. The van der Waals surface area contributed by atoms with Gasteiger partial charge in [-0.15, -0.1) is 0 Å². The summed E-state index contributed by atoms with van der Waals surface area (Å²) < 4.78 is 0. The Morgan fingerprint density at radius 3 is 2.28 bits per heavy atom. The van der Waals surface area contributed by atoms with Gasteiger partial charge in [0.05, 0.1) is 16.4 Å². The summed E-state index contributed by atoms with van der Waals surface area (Å²) in [5.74, 6) is -1.99. The van der Waals surface area contributed by atoms with Crippen molar-refractivity contribution in [3.63, 3.8) is 0 Å². The molecule has 0 atom stereocenters. The first kappa shape index (κ1) is 20.2. The van der Waals surface area contributed by atoms with E-state index in [4.69, 9.17) is 28.9 Å².